The van der Waals surface area contributed by atoms with Gasteiger partial charge in [0.25, 0.3) is 0 Å². The van der Waals surface area contributed by atoms with E-state index in [1.165, 1.54) is 4.88 Å². The Balaban J connectivity index is 2.51. The van der Waals surface area contributed by atoms with Gasteiger partial charge in [-0.1, -0.05) is 19.9 Å². The van der Waals surface area contributed by atoms with Gasteiger partial charge in [-0.3, -0.25) is 5.41 Å². The molecule has 2 nitrogen and oxygen atoms in total. The maximum atomic E-state index is 7.78. The molecule has 0 bridgehead atoms. The van der Waals surface area contributed by atoms with E-state index in [2.05, 4.69) is 11.4 Å². The van der Waals surface area contributed by atoms with Crippen molar-refractivity contribution in [2.45, 2.75) is 20.4 Å². The minimum atomic E-state index is 0.310. The fraction of sp³-hybridized carbons (Fsp3) is 0.500. The predicted molar refractivity (Wildman–Crippen MR) is 58.4 cm³/mol. The first kappa shape index (κ1) is 10.3. The van der Waals surface area contributed by atoms with Crippen LogP contribution in [0.1, 0.15) is 18.7 Å². The highest BCUT2D eigenvalue weighted by molar-refractivity contribution is 7.09. The Morgan fingerprint density at radius 3 is 2.77 bits per heavy atom. The summed E-state index contributed by atoms with van der Waals surface area (Å²) in [5, 5.41) is 9.85. The van der Waals surface area contributed by atoms with E-state index in [1.807, 2.05) is 31.9 Å². The minimum Gasteiger partial charge on any atom is -0.358 e. The van der Waals surface area contributed by atoms with Gasteiger partial charge in [-0.15, -0.1) is 11.3 Å². The first-order valence-electron chi connectivity index (χ1n) is 4.43. The van der Waals surface area contributed by atoms with Crippen LogP contribution in [0.5, 0.6) is 0 Å². The van der Waals surface area contributed by atoms with E-state index in [0.717, 1.165) is 6.54 Å². The number of hydrogen-bond donors (Lipinski definition) is 1. The van der Waals surface area contributed by atoms with Crippen molar-refractivity contribution < 1.29 is 0 Å². The normalized spacial score (nSPS) is 10.5. The van der Waals surface area contributed by atoms with Crippen molar-refractivity contribution >= 4 is 17.2 Å². The monoisotopic (exact) mass is 196 g/mol. The molecule has 1 heterocycles. The third-order valence-corrected chi connectivity index (χ3v) is 2.79. The molecule has 0 fully saturated rings. The Labute approximate surface area is 83.7 Å². The molecule has 0 saturated heterocycles. The fourth-order valence-corrected chi connectivity index (χ4v) is 1.92. The second-order valence-corrected chi connectivity index (χ2v) is 4.51. The Bertz CT molecular complexity index is 264. The smallest absolute Gasteiger partial charge is 0.0984 e. The van der Waals surface area contributed by atoms with Gasteiger partial charge in [0.1, 0.15) is 0 Å². The molecular weight excluding hydrogens is 180 g/mol. The van der Waals surface area contributed by atoms with Gasteiger partial charge in [-0.05, 0) is 11.4 Å². The lowest BCUT2D eigenvalue weighted by atomic mass is 10.2. The second kappa shape index (κ2) is 4.42. The molecule has 0 aliphatic heterocycles. The first-order valence-corrected chi connectivity index (χ1v) is 5.31. The van der Waals surface area contributed by atoms with Crippen LogP contribution in [0.15, 0.2) is 17.5 Å². The van der Waals surface area contributed by atoms with Gasteiger partial charge >= 0.3 is 0 Å². The number of rotatable bonds is 3. The van der Waals surface area contributed by atoms with E-state index >= 15 is 0 Å². The molecule has 72 valence electrons. The van der Waals surface area contributed by atoms with Crippen molar-refractivity contribution in [1.82, 2.24) is 4.90 Å². The lowest BCUT2D eigenvalue weighted by molar-refractivity contribution is 0.473. The largest absolute Gasteiger partial charge is 0.358 e. The summed E-state index contributed by atoms with van der Waals surface area (Å²) in [4.78, 5) is 3.31. The molecule has 1 aromatic rings. The molecule has 0 amide bonds. The number of amidine groups is 1. The topological polar surface area (TPSA) is 27.1 Å². The maximum Gasteiger partial charge on any atom is 0.0984 e. The van der Waals surface area contributed by atoms with Crippen molar-refractivity contribution in [3.8, 4) is 0 Å². The standard InChI is InChI=1S/C10H16N2S/c1-8(2)10(11)12(3)7-9-5-4-6-13-9/h4-6,8,11H,7H2,1-3H3. The molecule has 0 unspecified atom stereocenters. The van der Waals surface area contributed by atoms with E-state index in [1.54, 1.807) is 11.3 Å². The maximum absolute atomic E-state index is 7.78. The van der Waals surface area contributed by atoms with Crippen molar-refractivity contribution in [2.24, 2.45) is 5.92 Å². The van der Waals surface area contributed by atoms with Crippen LogP contribution < -0.4 is 0 Å². The lowest BCUT2D eigenvalue weighted by Gasteiger charge is -2.21. The van der Waals surface area contributed by atoms with E-state index in [-0.39, 0.29) is 0 Å². The summed E-state index contributed by atoms with van der Waals surface area (Å²) in [7, 11) is 1.97. The number of hydrogen-bond acceptors (Lipinski definition) is 2. The third-order valence-electron chi connectivity index (χ3n) is 1.93. The SMILES string of the molecule is CC(C)C(=N)N(C)Cc1cccs1. The van der Waals surface area contributed by atoms with Crippen LogP contribution in [0.25, 0.3) is 0 Å². The van der Waals surface area contributed by atoms with Gasteiger partial charge in [0.2, 0.25) is 0 Å². The molecule has 0 saturated carbocycles. The molecule has 0 aliphatic rings. The predicted octanol–water partition coefficient (Wildman–Crippen LogP) is 2.81. The summed E-state index contributed by atoms with van der Waals surface area (Å²) in [6.07, 6.45) is 0. The molecule has 0 aliphatic carbocycles. The van der Waals surface area contributed by atoms with Crippen LogP contribution in [-0.4, -0.2) is 17.8 Å². The van der Waals surface area contributed by atoms with E-state index < -0.39 is 0 Å². The first-order chi connectivity index (χ1) is 6.11. The van der Waals surface area contributed by atoms with Crippen molar-refractivity contribution in [3.05, 3.63) is 22.4 Å². The molecule has 0 aromatic carbocycles. The van der Waals surface area contributed by atoms with Crippen LogP contribution in [0.3, 0.4) is 0 Å². The number of nitrogens with zero attached hydrogens (tertiary/aromatic N) is 1. The highest BCUT2D eigenvalue weighted by Gasteiger charge is 2.08. The zero-order valence-corrected chi connectivity index (χ0v) is 9.19. The van der Waals surface area contributed by atoms with Gasteiger partial charge in [0.05, 0.1) is 12.4 Å². The van der Waals surface area contributed by atoms with E-state index in [4.69, 9.17) is 5.41 Å². The van der Waals surface area contributed by atoms with E-state index in [9.17, 15) is 0 Å². The number of nitrogens with one attached hydrogen (secondary N) is 1. The Kier molecular flexibility index (Phi) is 3.48. The molecule has 1 N–H and O–H groups in total. The molecule has 0 atom stereocenters. The Morgan fingerprint density at radius 2 is 2.31 bits per heavy atom. The molecule has 13 heavy (non-hydrogen) atoms. The summed E-state index contributed by atoms with van der Waals surface area (Å²) < 4.78 is 0. The van der Waals surface area contributed by atoms with Gasteiger partial charge in [0.15, 0.2) is 0 Å². The highest BCUT2D eigenvalue weighted by Crippen LogP contribution is 2.12. The van der Waals surface area contributed by atoms with Crippen LogP contribution in [-0.2, 0) is 6.54 Å². The van der Waals surface area contributed by atoms with Gasteiger partial charge in [-0.25, -0.2) is 0 Å². The second-order valence-electron chi connectivity index (χ2n) is 3.48. The fourth-order valence-electron chi connectivity index (χ4n) is 1.16. The molecule has 0 radical (unpaired) electrons. The summed E-state index contributed by atoms with van der Waals surface area (Å²) in [6.45, 7) is 4.95. The average molecular weight is 196 g/mol. The molecular formula is C10H16N2S. The van der Waals surface area contributed by atoms with E-state index in [0.29, 0.717) is 11.8 Å². The Hall–Kier alpha value is -0.830. The van der Waals surface area contributed by atoms with Crippen LogP contribution >= 0.6 is 11.3 Å². The van der Waals surface area contributed by atoms with Crippen molar-refractivity contribution in [2.75, 3.05) is 7.05 Å². The highest BCUT2D eigenvalue weighted by atomic mass is 32.1. The summed E-state index contributed by atoms with van der Waals surface area (Å²) in [5.41, 5.74) is 0. The van der Waals surface area contributed by atoms with Crippen LogP contribution in [0.4, 0.5) is 0 Å². The Morgan fingerprint density at radius 1 is 1.62 bits per heavy atom. The van der Waals surface area contributed by atoms with Crippen molar-refractivity contribution in [3.63, 3.8) is 0 Å². The quantitative estimate of drug-likeness (QED) is 0.584. The molecule has 0 spiro atoms. The van der Waals surface area contributed by atoms with Crippen molar-refractivity contribution in [1.29, 1.82) is 5.41 Å². The molecule has 1 aromatic heterocycles. The zero-order chi connectivity index (χ0) is 9.84. The summed E-state index contributed by atoms with van der Waals surface area (Å²) in [5.74, 6) is 1.01. The molecule has 1 rings (SSSR count). The lowest BCUT2D eigenvalue weighted by Crippen LogP contribution is -2.28. The van der Waals surface area contributed by atoms with Crippen LogP contribution in [0.2, 0.25) is 0 Å². The van der Waals surface area contributed by atoms with Gasteiger partial charge in [-0.2, -0.15) is 0 Å². The van der Waals surface area contributed by atoms with Gasteiger partial charge in [0, 0.05) is 17.8 Å². The third kappa shape index (κ3) is 2.84. The van der Waals surface area contributed by atoms with Gasteiger partial charge < -0.3 is 4.90 Å². The average Bonchev–Trinajstić information content (AvgIpc) is 2.55. The summed E-state index contributed by atoms with van der Waals surface area (Å²) in [6, 6.07) is 4.15. The minimum absolute atomic E-state index is 0.310. The zero-order valence-electron chi connectivity index (χ0n) is 8.37. The summed E-state index contributed by atoms with van der Waals surface area (Å²) >= 11 is 1.74. The molecule has 3 heteroatoms. The number of thiophene rings is 1. The van der Waals surface area contributed by atoms with Crippen LogP contribution in [0, 0.1) is 11.3 Å².